The van der Waals surface area contributed by atoms with Gasteiger partial charge in [-0.3, -0.25) is 9.48 Å². The number of hydrogen-bond acceptors (Lipinski definition) is 4. The number of rotatable bonds is 7. The van der Waals surface area contributed by atoms with Crippen molar-refractivity contribution in [2.45, 2.75) is 25.8 Å². The smallest absolute Gasteiger partial charge is 0.223 e. The molecule has 1 amide bonds. The van der Waals surface area contributed by atoms with Crippen LogP contribution in [0.1, 0.15) is 19.8 Å². The van der Waals surface area contributed by atoms with E-state index in [4.69, 9.17) is 4.74 Å². The molecule has 134 valence electrons. The fourth-order valence-electron chi connectivity index (χ4n) is 3.03. The zero-order valence-electron chi connectivity index (χ0n) is 14.9. The normalized spacial score (nSPS) is 18.2. The Balaban J connectivity index is 1.39. The van der Waals surface area contributed by atoms with Crippen molar-refractivity contribution in [3.63, 3.8) is 0 Å². The number of ether oxygens (including phenoxy) is 1. The third-order valence-corrected chi connectivity index (χ3v) is 4.60. The highest BCUT2D eigenvalue weighted by molar-refractivity contribution is 5.78. The van der Waals surface area contributed by atoms with Crippen LogP contribution < -0.4 is 15.0 Å². The van der Waals surface area contributed by atoms with Gasteiger partial charge in [0.15, 0.2) is 0 Å². The van der Waals surface area contributed by atoms with Crippen LogP contribution in [0, 0.1) is 5.92 Å². The molecule has 0 bridgehead atoms. The van der Waals surface area contributed by atoms with Crippen molar-refractivity contribution in [1.82, 2.24) is 15.1 Å². The molecule has 2 atom stereocenters. The van der Waals surface area contributed by atoms with E-state index in [1.165, 1.54) is 0 Å². The highest BCUT2D eigenvalue weighted by Crippen LogP contribution is 2.19. The minimum Gasteiger partial charge on any atom is -0.494 e. The first kappa shape index (κ1) is 17.3. The number of hydrogen-bond donors (Lipinski definition) is 1. The summed E-state index contributed by atoms with van der Waals surface area (Å²) in [6.07, 6.45) is 5.55. The second-order valence-electron chi connectivity index (χ2n) is 6.66. The predicted octanol–water partition coefficient (Wildman–Crippen LogP) is 2.22. The number of nitrogens with zero attached hydrogens (tertiary/aromatic N) is 3. The molecule has 1 fully saturated rings. The summed E-state index contributed by atoms with van der Waals surface area (Å²) in [6.45, 7) is 4.29. The Hall–Kier alpha value is -2.50. The first-order chi connectivity index (χ1) is 12.1. The molecule has 2 aromatic rings. The highest BCUT2D eigenvalue weighted by Gasteiger charge is 2.26. The standard InChI is InChI=1S/C19H26N4O2/c1-15(9-11-25-18-6-4-3-5-7-18)19(24)21-16-8-10-23(13-16)17-12-20-22(2)14-17/h3-7,12,14-16H,8-11,13H2,1-2H3,(H,21,24)/t15-,16-/m0/s1. The molecule has 1 aliphatic rings. The molecule has 1 aromatic heterocycles. The van der Waals surface area contributed by atoms with Crippen LogP contribution >= 0.6 is 0 Å². The molecule has 1 aliphatic heterocycles. The third kappa shape index (κ3) is 4.75. The molecule has 0 radical (unpaired) electrons. The number of aromatic nitrogens is 2. The maximum absolute atomic E-state index is 12.4. The van der Waals surface area contributed by atoms with Gasteiger partial charge >= 0.3 is 0 Å². The number of anilines is 1. The predicted molar refractivity (Wildman–Crippen MR) is 97.7 cm³/mol. The second-order valence-corrected chi connectivity index (χ2v) is 6.66. The van der Waals surface area contributed by atoms with Crippen LogP contribution in [0.2, 0.25) is 0 Å². The second kappa shape index (κ2) is 8.05. The summed E-state index contributed by atoms with van der Waals surface area (Å²) in [5, 5.41) is 7.38. The van der Waals surface area contributed by atoms with Gasteiger partial charge < -0.3 is 15.0 Å². The van der Waals surface area contributed by atoms with Crippen LogP contribution in [0.25, 0.3) is 0 Å². The van der Waals surface area contributed by atoms with Gasteiger partial charge in [0.2, 0.25) is 5.91 Å². The zero-order valence-corrected chi connectivity index (χ0v) is 14.9. The van der Waals surface area contributed by atoms with Gasteiger partial charge in [-0.25, -0.2) is 0 Å². The van der Waals surface area contributed by atoms with E-state index in [1.54, 1.807) is 4.68 Å². The van der Waals surface area contributed by atoms with E-state index in [2.05, 4.69) is 15.3 Å². The molecule has 1 aromatic carbocycles. The van der Waals surface area contributed by atoms with Gasteiger partial charge in [0.05, 0.1) is 18.5 Å². The van der Waals surface area contributed by atoms with Crippen LogP contribution in [0.5, 0.6) is 5.75 Å². The van der Waals surface area contributed by atoms with Crippen molar-refractivity contribution in [3.8, 4) is 5.75 Å². The van der Waals surface area contributed by atoms with E-state index in [0.29, 0.717) is 13.0 Å². The molecule has 6 nitrogen and oxygen atoms in total. The fraction of sp³-hybridized carbons (Fsp3) is 0.474. The lowest BCUT2D eigenvalue weighted by molar-refractivity contribution is -0.125. The molecule has 3 rings (SSSR count). The van der Waals surface area contributed by atoms with Crippen LogP contribution in [0.3, 0.4) is 0 Å². The molecule has 2 heterocycles. The first-order valence-electron chi connectivity index (χ1n) is 8.83. The number of para-hydroxylation sites is 1. The molecule has 0 spiro atoms. The Labute approximate surface area is 148 Å². The Kier molecular flexibility index (Phi) is 5.58. The SMILES string of the molecule is C[C@@H](CCOc1ccccc1)C(=O)N[C@H]1CCN(c2cnn(C)c2)C1. The zero-order chi connectivity index (χ0) is 17.6. The third-order valence-electron chi connectivity index (χ3n) is 4.60. The van der Waals surface area contributed by atoms with E-state index >= 15 is 0 Å². The minimum atomic E-state index is -0.0591. The fourth-order valence-corrected chi connectivity index (χ4v) is 3.03. The van der Waals surface area contributed by atoms with Gasteiger partial charge in [-0.2, -0.15) is 5.10 Å². The lowest BCUT2D eigenvalue weighted by Gasteiger charge is -2.19. The monoisotopic (exact) mass is 342 g/mol. The van der Waals surface area contributed by atoms with Gasteiger partial charge in [-0.15, -0.1) is 0 Å². The molecule has 1 saturated heterocycles. The topological polar surface area (TPSA) is 59.4 Å². The number of carbonyl (C=O) groups is 1. The van der Waals surface area contributed by atoms with Crippen LogP contribution in [0.15, 0.2) is 42.7 Å². The summed E-state index contributed by atoms with van der Waals surface area (Å²) in [6, 6.07) is 9.90. The van der Waals surface area contributed by atoms with E-state index in [1.807, 2.05) is 56.7 Å². The molecule has 0 aliphatic carbocycles. The first-order valence-corrected chi connectivity index (χ1v) is 8.83. The average molecular weight is 342 g/mol. The molecular weight excluding hydrogens is 316 g/mol. The summed E-state index contributed by atoms with van der Waals surface area (Å²) in [5.41, 5.74) is 1.11. The van der Waals surface area contributed by atoms with E-state index < -0.39 is 0 Å². The van der Waals surface area contributed by atoms with Crippen molar-refractivity contribution in [3.05, 3.63) is 42.7 Å². The van der Waals surface area contributed by atoms with Crippen molar-refractivity contribution in [1.29, 1.82) is 0 Å². The van der Waals surface area contributed by atoms with Crippen molar-refractivity contribution in [2.75, 3.05) is 24.6 Å². The van der Waals surface area contributed by atoms with E-state index in [-0.39, 0.29) is 17.9 Å². The lowest BCUT2D eigenvalue weighted by atomic mass is 10.1. The maximum atomic E-state index is 12.4. The number of benzene rings is 1. The average Bonchev–Trinajstić information content (AvgIpc) is 3.24. The maximum Gasteiger partial charge on any atom is 0.223 e. The van der Waals surface area contributed by atoms with Gasteiger partial charge in [0, 0.05) is 38.3 Å². The molecule has 25 heavy (non-hydrogen) atoms. The van der Waals surface area contributed by atoms with Crippen molar-refractivity contribution >= 4 is 11.6 Å². The minimum absolute atomic E-state index is 0.0591. The Bertz CT molecular complexity index is 686. The Morgan fingerprint density at radius 1 is 1.40 bits per heavy atom. The van der Waals surface area contributed by atoms with Crippen LogP contribution in [-0.2, 0) is 11.8 Å². The summed E-state index contributed by atoms with van der Waals surface area (Å²) in [5.74, 6) is 0.892. The number of nitrogens with one attached hydrogen (secondary N) is 1. The number of amides is 1. The van der Waals surface area contributed by atoms with Gasteiger partial charge in [0.25, 0.3) is 0 Å². The Morgan fingerprint density at radius 3 is 2.92 bits per heavy atom. The van der Waals surface area contributed by atoms with Crippen LogP contribution in [-0.4, -0.2) is 41.4 Å². The van der Waals surface area contributed by atoms with Gasteiger partial charge in [0.1, 0.15) is 5.75 Å². The molecule has 0 saturated carbocycles. The highest BCUT2D eigenvalue weighted by atomic mass is 16.5. The van der Waals surface area contributed by atoms with Crippen molar-refractivity contribution < 1.29 is 9.53 Å². The number of aryl methyl sites for hydroxylation is 1. The lowest BCUT2D eigenvalue weighted by Crippen LogP contribution is -2.40. The van der Waals surface area contributed by atoms with E-state index in [9.17, 15) is 4.79 Å². The largest absolute Gasteiger partial charge is 0.494 e. The molecular formula is C19H26N4O2. The van der Waals surface area contributed by atoms with Crippen LogP contribution in [0.4, 0.5) is 5.69 Å². The quantitative estimate of drug-likeness (QED) is 0.838. The number of carbonyl (C=O) groups excluding carboxylic acids is 1. The summed E-state index contributed by atoms with van der Waals surface area (Å²) in [4.78, 5) is 14.7. The van der Waals surface area contributed by atoms with Gasteiger partial charge in [-0.05, 0) is 25.0 Å². The van der Waals surface area contributed by atoms with Gasteiger partial charge in [-0.1, -0.05) is 25.1 Å². The molecule has 1 N–H and O–H groups in total. The molecule has 0 unspecified atom stereocenters. The van der Waals surface area contributed by atoms with Crippen molar-refractivity contribution in [2.24, 2.45) is 13.0 Å². The Morgan fingerprint density at radius 2 is 2.20 bits per heavy atom. The summed E-state index contributed by atoms with van der Waals surface area (Å²) in [7, 11) is 1.91. The summed E-state index contributed by atoms with van der Waals surface area (Å²) < 4.78 is 7.48. The van der Waals surface area contributed by atoms with E-state index in [0.717, 1.165) is 30.9 Å². The molecule has 6 heteroatoms. The summed E-state index contributed by atoms with van der Waals surface area (Å²) >= 11 is 0.